The lowest BCUT2D eigenvalue weighted by molar-refractivity contribution is 0.639. The van der Waals surface area contributed by atoms with Crippen LogP contribution in [0.2, 0.25) is 0 Å². The van der Waals surface area contributed by atoms with Crippen molar-refractivity contribution < 1.29 is 0 Å². The molecular formula is C14H16BrNS. The number of halogens is 1. The van der Waals surface area contributed by atoms with Gasteiger partial charge >= 0.3 is 0 Å². The minimum atomic E-state index is 0.312. The standard InChI is InChI=1S/C14H16BrNS/c1-3-16-14(13-5-4-8-17-13)11-6-7-12(15)10(2)9-11/h4-9,14,16H,3H2,1-2H3. The highest BCUT2D eigenvalue weighted by Crippen LogP contribution is 2.28. The van der Waals surface area contributed by atoms with Crippen molar-refractivity contribution in [3.05, 3.63) is 56.2 Å². The first-order valence-electron chi connectivity index (χ1n) is 5.75. The van der Waals surface area contributed by atoms with Crippen molar-refractivity contribution >= 4 is 27.3 Å². The van der Waals surface area contributed by atoms with Gasteiger partial charge in [0.15, 0.2) is 0 Å². The number of aryl methyl sites for hydroxylation is 1. The monoisotopic (exact) mass is 309 g/mol. The fraction of sp³-hybridized carbons (Fsp3) is 0.286. The lowest BCUT2D eigenvalue weighted by atomic mass is 10.0. The van der Waals surface area contributed by atoms with Crippen LogP contribution in [0.15, 0.2) is 40.2 Å². The van der Waals surface area contributed by atoms with Crippen LogP contribution in [0.4, 0.5) is 0 Å². The van der Waals surface area contributed by atoms with Crippen LogP contribution in [-0.2, 0) is 0 Å². The van der Waals surface area contributed by atoms with Gasteiger partial charge in [0.05, 0.1) is 6.04 Å². The van der Waals surface area contributed by atoms with Crippen LogP contribution in [0.5, 0.6) is 0 Å². The molecule has 0 fully saturated rings. The molecule has 0 spiro atoms. The van der Waals surface area contributed by atoms with Crippen LogP contribution in [-0.4, -0.2) is 6.54 Å². The zero-order chi connectivity index (χ0) is 12.3. The molecule has 90 valence electrons. The average Bonchev–Trinajstić information content (AvgIpc) is 2.83. The molecule has 3 heteroatoms. The van der Waals surface area contributed by atoms with Crippen LogP contribution < -0.4 is 5.32 Å². The van der Waals surface area contributed by atoms with Crippen LogP contribution in [0, 0.1) is 6.92 Å². The summed E-state index contributed by atoms with van der Waals surface area (Å²) in [6, 6.07) is 11.2. The highest BCUT2D eigenvalue weighted by atomic mass is 79.9. The number of hydrogen-bond acceptors (Lipinski definition) is 2. The first-order chi connectivity index (χ1) is 8.22. The number of nitrogens with one attached hydrogen (secondary N) is 1. The Labute approximate surface area is 115 Å². The first-order valence-corrected chi connectivity index (χ1v) is 7.42. The molecule has 1 heterocycles. The van der Waals surface area contributed by atoms with E-state index in [2.05, 4.69) is 70.8 Å². The molecule has 0 radical (unpaired) electrons. The SMILES string of the molecule is CCNC(c1ccc(Br)c(C)c1)c1cccs1. The predicted molar refractivity (Wildman–Crippen MR) is 78.7 cm³/mol. The van der Waals surface area contributed by atoms with E-state index in [9.17, 15) is 0 Å². The molecule has 2 aromatic rings. The van der Waals surface area contributed by atoms with E-state index in [4.69, 9.17) is 0 Å². The van der Waals surface area contributed by atoms with Crippen molar-refractivity contribution in [2.24, 2.45) is 0 Å². The van der Waals surface area contributed by atoms with E-state index in [0.717, 1.165) is 6.54 Å². The third kappa shape index (κ3) is 2.97. The third-order valence-corrected chi connectivity index (χ3v) is 4.58. The Morgan fingerprint density at radius 3 is 2.76 bits per heavy atom. The van der Waals surface area contributed by atoms with Crippen molar-refractivity contribution in [3.8, 4) is 0 Å². The molecule has 2 rings (SSSR count). The maximum absolute atomic E-state index is 3.55. The second-order valence-corrected chi connectivity index (χ2v) is 5.85. The fourth-order valence-corrected chi connectivity index (χ4v) is 2.96. The van der Waals surface area contributed by atoms with Crippen LogP contribution in [0.3, 0.4) is 0 Å². The summed E-state index contributed by atoms with van der Waals surface area (Å²) >= 11 is 5.35. The lowest BCUT2D eigenvalue weighted by Gasteiger charge is -2.17. The molecule has 0 bridgehead atoms. The smallest absolute Gasteiger partial charge is 0.0671 e. The summed E-state index contributed by atoms with van der Waals surface area (Å²) in [5.74, 6) is 0. The van der Waals surface area contributed by atoms with Gasteiger partial charge in [-0.15, -0.1) is 11.3 Å². The van der Waals surface area contributed by atoms with E-state index >= 15 is 0 Å². The lowest BCUT2D eigenvalue weighted by Crippen LogP contribution is -2.21. The maximum Gasteiger partial charge on any atom is 0.0671 e. The van der Waals surface area contributed by atoms with Gasteiger partial charge in [0.1, 0.15) is 0 Å². The van der Waals surface area contributed by atoms with E-state index in [-0.39, 0.29) is 0 Å². The van der Waals surface area contributed by atoms with E-state index in [1.54, 1.807) is 11.3 Å². The zero-order valence-electron chi connectivity index (χ0n) is 10.0. The van der Waals surface area contributed by atoms with Crippen molar-refractivity contribution in [2.75, 3.05) is 6.54 Å². The Morgan fingerprint density at radius 2 is 2.18 bits per heavy atom. The Morgan fingerprint density at radius 1 is 1.35 bits per heavy atom. The highest BCUT2D eigenvalue weighted by molar-refractivity contribution is 9.10. The second-order valence-electron chi connectivity index (χ2n) is 4.01. The molecule has 1 N–H and O–H groups in total. The van der Waals surface area contributed by atoms with Gasteiger partial charge in [0, 0.05) is 9.35 Å². The molecule has 1 aromatic heterocycles. The van der Waals surface area contributed by atoms with Gasteiger partial charge in [0.2, 0.25) is 0 Å². The molecule has 1 nitrogen and oxygen atoms in total. The van der Waals surface area contributed by atoms with Gasteiger partial charge in [-0.1, -0.05) is 41.1 Å². The zero-order valence-corrected chi connectivity index (χ0v) is 12.4. The summed E-state index contributed by atoms with van der Waals surface area (Å²) in [6.07, 6.45) is 0. The minimum Gasteiger partial charge on any atom is -0.306 e. The van der Waals surface area contributed by atoms with Crippen LogP contribution >= 0.6 is 27.3 Å². The van der Waals surface area contributed by atoms with Crippen LogP contribution in [0.1, 0.15) is 29.0 Å². The van der Waals surface area contributed by atoms with E-state index < -0.39 is 0 Å². The van der Waals surface area contributed by atoms with Gasteiger partial charge in [-0.3, -0.25) is 0 Å². The topological polar surface area (TPSA) is 12.0 Å². The second kappa shape index (κ2) is 5.80. The maximum atomic E-state index is 3.55. The largest absolute Gasteiger partial charge is 0.306 e. The van der Waals surface area contributed by atoms with E-state index in [1.807, 2.05) is 0 Å². The summed E-state index contributed by atoms with van der Waals surface area (Å²) in [7, 11) is 0. The minimum absolute atomic E-state index is 0.312. The molecule has 0 aliphatic rings. The molecule has 0 saturated heterocycles. The van der Waals surface area contributed by atoms with Gasteiger partial charge in [-0.2, -0.15) is 0 Å². The van der Waals surface area contributed by atoms with Gasteiger partial charge < -0.3 is 5.32 Å². The number of rotatable bonds is 4. The molecule has 0 aliphatic heterocycles. The molecular weight excluding hydrogens is 294 g/mol. The van der Waals surface area contributed by atoms with Crippen molar-refractivity contribution in [1.82, 2.24) is 5.32 Å². The van der Waals surface area contributed by atoms with Gasteiger partial charge in [-0.25, -0.2) is 0 Å². The summed E-state index contributed by atoms with van der Waals surface area (Å²) in [5.41, 5.74) is 2.61. The number of benzene rings is 1. The summed E-state index contributed by atoms with van der Waals surface area (Å²) in [4.78, 5) is 1.37. The predicted octanol–water partition coefficient (Wildman–Crippen LogP) is 4.52. The fourth-order valence-electron chi connectivity index (χ4n) is 1.89. The average molecular weight is 310 g/mol. The van der Waals surface area contributed by atoms with Crippen LogP contribution in [0.25, 0.3) is 0 Å². The number of hydrogen-bond donors (Lipinski definition) is 1. The third-order valence-electron chi connectivity index (χ3n) is 2.75. The number of thiophene rings is 1. The van der Waals surface area contributed by atoms with E-state index in [1.165, 1.54) is 20.5 Å². The first kappa shape index (κ1) is 12.8. The highest BCUT2D eigenvalue weighted by Gasteiger charge is 2.14. The Hall–Kier alpha value is -0.640. The quantitative estimate of drug-likeness (QED) is 0.875. The molecule has 17 heavy (non-hydrogen) atoms. The van der Waals surface area contributed by atoms with Gasteiger partial charge in [-0.05, 0) is 42.1 Å². The summed E-state index contributed by atoms with van der Waals surface area (Å²) in [5, 5.41) is 5.67. The normalized spacial score (nSPS) is 12.6. The Balaban J connectivity index is 2.35. The Bertz CT molecular complexity index is 479. The molecule has 0 aliphatic carbocycles. The van der Waals surface area contributed by atoms with E-state index in [0.29, 0.717) is 6.04 Å². The summed E-state index contributed by atoms with van der Waals surface area (Å²) in [6.45, 7) is 5.25. The summed E-state index contributed by atoms with van der Waals surface area (Å²) < 4.78 is 1.17. The van der Waals surface area contributed by atoms with Gasteiger partial charge in [0.25, 0.3) is 0 Å². The molecule has 1 aromatic carbocycles. The van der Waals surface area contributed by atoms with Crippen molar-refractivity contribution in [3.63, 3.8) is 0 Å². The molecule has 1 unspecified atom stereocenters. The Kier molecular flexibility index (Phi) is 4.37. The van der Waals surface area contributed by atoms with Crippen molar-refractivity contribution in [2.45, 2.75) is 19.9 Å². The molecule has 0 saturated carbocycles. The van der Waals surface area contributed by atoms with Crippen molar-refractivity contribution in [1.29, 1.82) is 0 Å². The molecule has 1 atom stereocenters. The molecule has 0 amide bonds.